The molecule has 0 amide bonds. The fraction of sp³-hybridized carbons (Fsp3) is 0.926. The fourth-order valence-corrected chi connectivity index (χ4v) is 9.13. The van der Waals surface area contributed by atoms with Crippen molar-refractivity contribution in [2.24, 2.45) is 46.3 Å². The van der Waals surface area contributed by atoms with E-state index in [1.54, 1.807) is 0 Å². The molecule has 4 aliphatic rings. The smallest absolute Gasteiger partial charge is 0.305 e. The molecule has 0 aromatic rings. The van der Waals surface area contributed by atoms with Crippen molar-refractivity contribution in [2.45, 2.75) is 104 Å². The standard InChI is InChI=1S/C27H44O5/c1-16(6-11-25(30)31-5)21-9-10-22-20-8-7-18-14-19(32-17(2)28)12-13-26(18,3)23(20)15-24(29)27(21,22)4/h16,18-24,29H,6-15H2,1-5H3/t16-,18-,19-,20+,21?,22+,23+,24+,26+,27-/m1/s1. The maximum Gasteiger partial charge on any atom is 0.305 e. The fourth-order valence-electron chi connectivity index (χ4n) is 9.13. The zero-order chi connectivity index (χ0) is 23.3. The molecule has 10 atom stereocenters. The molecule has 0 bridgehead atoms. The molecule has 1 unspecified atom stereocenters. The van der Waals surface area contributed by atoms with Crippen molar-refractivity contribution in [3.63, 3.8) is 0 Å². The van der Waals surface area contributed by atoms with Crippen LogP contribution in [0.4, 0.5) is 0 Å². The summed E-state index contributed by atoms with van der Waals surface area (Å²) in [6.45, 7) is 8.62. The minimum atomic E-state index is -0.274. The number of methoxy groups -OCH3 is 1. The van der Waals surface area contributed by atoms with E-state index in [-0.39, 0.29) is 35.0 Å². The van der Waals surface area contributed by atoms with Crippen LogP contribution >= 0.6 is 0 Å². The van der Waals surface area contributed by atoms with E-state index < -0.39 is 0 Å². The van der Waals surface area contributed by atoms with Gasteiger partial charge in [0.2, 0.25) is 0 Å². The van der Waals surface area contributed by atoms with Gasteiger partial charge in [-0.2, -0.15) is 0 Å². The molecular weight excluding hydrogens is 404 g/mol. The van der Waals surface area contributed by atoms with Gasteiger partial charge in [-0.3, -0.25) is 9.59 Å². The highest BCUT2D eigenvalue weighted by molar-refractivity contribution is 5.69. The lowest BCUT2D eigenvalue weighted by molar-refractivity contribution is -0.181. The van der Waals surface area contributed by atoms with Gasteiger partial charge in [-0.1, -0.05) is 20.8 Å². The van der Waals surface area contributed by atoms with Crippen LogP contribution in [0.15, 0.2) is 0 Å². The van der Waals surface area contributed by atoms with Crippen LogP contribution in [0, 0.1) is 46.3 Å². The second-order valence-electron chi connectivity index (χ2n) is 12.1. The van der Waals surface area contributed by atoms with Gasteiger partial charge in [-0.15, -0.1) is 0 Å². The lowest BCUT2D eigenvalue weighted by atomic mass is 9.43. The minimum Gasteiger partial charge on any atom is -0.469 e. The van der Waals surface area contributed by atoms with Gasteiger partial charge in [0, 0.05) is 13.3 Å². The van der Waals surface area contributed by atoms with Gasteiger partial charge in [-0.05, 0) is 104 Å². The zero-order valence-corrected chi connectivity index (χ0v) is 20.8. The predicted molar refractivity (Wildman–Crippen MR) is 123 cm³/mol. The summed E-state index contributed by atoms with van der Waals surface area (Å²) < 4.78 is 10.5. The summed E-state index contributed by atoms with van der Waals surface area (Å²) in [4.78, 5) is 23.2. The first-order valence-electron chi connectivity index (χ1n) is 13.0. The topological polar surface area (TPSA) is 72.8 Å². The monoisotopic (exact) mass is 448 g/mol. The first-order valence-corrected chi connectivity index (χ1v) is 13.0. The van der Waals surface area contributed by atoms with Gasteiger partial charge in [0.05, 0.1) is 13.2 Å². The summed E-state index contributed by atoms with van der Waals surface area (Å²) in [5.41, 5.74) is 0.200. The van der Waals surface area contributed by atoms with Crippen molar-refractivity contribution in [3.8, 4) is 0 Å². The van der Waals surface area contributed by atoms with E-state index in [1.165, 1.54) is 39.7 Å². The van der Waals surface area contributed by atoms with Crippen LogP contribution in [0.2, 0.25) is 0 Å². The molecule has 32 heavy (non-hydrogen) atoms. The molecule has 5 heteroatoms. The molecule has 0 aromatic carbocycles. The molecular formula is C27H44O5. The lowest BCUT2D eigenvalue weighted by Crippen LogP contribution is -2.59. The molecule has 0 spiro atoms. The highest BCUT2D eigenvalue weighted by Gasteiger charge is 2.63. The summed E-state index contributed by atoms with van der Waals surface area (Å²) in [6, 6.07) is 0. The van der Waals surface area contributed by atoms with Crippen molar-refractivity contribution in [1.82, 2.24) is 0 Å². The van der Waals surface area contributed by atoms with Crippen molar-refractivity contribution in [1.29, 1.82) is 0 Å². The molecule has 4 aliphatic carbocycles. The molecule has 0 aliphatic heterocycles. The van der Waals surface area contributed by atoms with E-state index >= 15 is 0 Å². The number of aliphatic hydroxyl groups is 1. The molecule has 0 saturated heterocycles. The molecule has 182 valence electrons. The number of rotatable bonds is 5. The predicted octanol–water partition coefficient (Wildman–Crippen LogP) is 5.14. The summed E-state index contributed by atoms with van der Waals surface area (Å²) in [7, 11) is 1.46. The molecule has 0 aromatic heterocycles. The number of carbonyl (C=O) groups is 2. The Morgan fingerprint density at radius 1 is 1.06 bits per heavy atom. The SMILES string of the molecule is COC(=O)CC[C@@H](C)C1CC[C@H]2[C@@H]3CC[C@@H]4C[C@H](OC(C)=O)CC[C@]4(C)[C@H]3C[C@H](O)[C@]12C. The summed E-state index contributed by atoms with van der Waals surface area (Å²) >= 11 is 0. The number of fused-ring (bicyclic) bond motifs is 5. The zero-order valence-electron chi connectivity index (χ0n) is 20.8. The minimum absolute atomic E-state index is 0.0468. The van der Waals surface area contributed by atoms with Crippen LogP contribution in [-0.4, -0.2) is 36.4 Å². The van der Waals surface area contributed by atoms with Gasteiger partial charge in [-0.25, -0.2) is 0 Å². The Labute approximate surface area is 194 Å². The van der Waals surface area contributed by atoms with Gasteiger partial charge in [0.15, 0.2) is 0 Å². The maximum atomic E-state index is 11.7. The van der Waals surface area contributed by atoms with Crippen molar-refractivity contribution in [2.75, 3.05) is 7.11 Å². The highest BCUT2D eigenvalue weighted by atomic mass is 16.5. The van der Waals surface area contributed by atoms with E-state index in [2.05, 4.69) is 20.8 Å². The molecule has 1 N–H and O–H groups in total. The van der Waals surface area contributed by atoms with Crippen molar-refractivity contribution in [3.05, 3.63) is 0 Å². The molecule has 0 radical (unpaired) electrons. The van der Waals surface area contributed by atoms with E-state index in [9.17, 15) is 14.7 Å². The summed E-state index contributed by atoms with van der Waals surface area (Å²) in [6.07, 6.45) is 9.92. The van der Waals surface area contributed by atoms with Crippen molar-refractivity contribution >= 4 is 11.9 Å². The number of hydrogen-bond donors (Lipinski definition) is 1. The maximum absolute atomic E-state index is 11.7. The van der Waals surface area contributed by atoms with Crippen LogP contribution < -0.4 is 0 Å². The van der Waals surface area contributed by atoms with E-state index in [1.807, 2.05) is 0 Å². The quantitative estimate of drug-likeness (QED) is 0.590. The van der Waals surface area contributed by atoms with Crippen LogP contribution in [0.25, 0.3) is 0 Å². The molecule has 4 rings (SSSR count). The van der Waals surface area contributed by atoms with Gasteiger partial charge >= 0.3 is 11.9 Å². The Hall–Kier alpha value is -1.10. The Morgan fingerprint density at radius 3 is 2.50 bits per heavy atom. The third kappa shape index (κ3) is 3.91. The van der Waals surface area contributed by atoms with Gasteiger partial charge < -0.3 is 14.6 Å². The van der Waals surface area contributed by atoms with Gasteiger partial charge in [0.25, 0.3) is 0 Å². The summed E-state index contributed by atoms with van der Waals surface area (Å²) in [5.74, 6) is 3.02. The third-order valence-corrected chi connectivity index (χ3v) is 10.8. The molecule has 4 saturated carbocycles. The van der Waals surface area contributed by atoms with E-state index in [0.717, 1.165) is 32.1 Å². The second kappa shape index (κ2) is 8.92. The lowest BCUT2D eigenvalue weighted by Gasteiger charge is -2.62. The molecule has 5 nitrogen and oxygen atoms in total. The summed E-state index contributed by atoms with van der Waals surface area (Å²) in [5, 5.41) is 11.6. The van der Waals surface area contributed by atoms with Gasteiger partial charge in [0.1, 0.15) is 6.10 Å². The third-order valence-electron chi connectivity index (χ3n) is 10.8. The number of hydrogen-bond acceptors (Lipinski definition) is 5. The number of aliphatic hydroxyl groups excluding tert-OH is 1. The Morgan fingerprint density at radius 2 is 1.81 bits per heavy atom. The number of carbonyl (C=O) groups excluding carboxylic acids is 2. The average molecular weight is 449 g/mol. The van der Waals surface area contributed by atoms with E-state index in [0.29, 0.717) is 41.9 Å². The molecule has 0 heterocycles. The second-order valence-corrected chi connectivity index (χ2v) is 12.1. The molecule has 4 fully saturated rings. The highest BCUT2D eigenvalue weighted by Crippen LogP contribution is 2.68. The van der Waals surface area contributed by atoms with Crippen LogP contribution in [-0.2, 0) is 19.1 Å². The Bertz CT molecular complexity index is 721. The van der Waals surface area contributed by atoms with E-state index in [4.69, 9.17) is 9.47 Å². The largest absolute Gasteiger partial charge is 0.469 e. The van der Waals surface area contributed by atoms with Crippen LogP contribution in [0.3, 0.4) is 0 Å². The van der Waals surface area contributed by atoms with Crippen molar-refractivity contribution < 1.29 is 24.2 Å². The van der Waals surface area contributed by atoms with Crippen LogP contribution in [0.5, 0.6) is 0 Å². The van der Waals surface area contributed by atoms with Crippen LogP contribution in [0.1, 0.15) is 91.9 Å². The number of ether oxygens (including phenoxy) is 2. The first-order chi connectivity index (χ1) is 15.1. The Kier molecular flexibility index (Phi) is 6.70. The first kappa shape index (κ1) is 24.0. The Balaban J connectivity index is 1.50. The number of esters is 2. The normalized spacial score (nSPS) is 46.4. The average Bonchev–Trinajstić information content (AvgIpc) is 3.11.